The van der Waals surface area contributed by atoms with Crippen molar-refractivity contribution < 1.29 is 13.2 Å². The molecule has 0 saturated carbocycles. The number of nitrogens with one attached hydrogen (secondary N) is 1. The molecule has 0 unspecified atom stereocenters. The van der Waals surface area contributed by atoms with Crippen molar-refractivity contribution in [3.05, 3.63) is 53.2 Å². The maximum Gasteiger partial charge on any atom is 0.417 e. The van der Waals surface area contributed by atoms with Crippen LogP contribution in [0.2, 0.25) is 5.02 Å². The van der Waals surface area contributed by atoms with Crippen LogP contribution >= 0.6 is 11.6 Å². The zero-order valence-electron chi connectivity index (χ0n) is 13.0. The Labute approximate surface area is 142 Å². The second-order valence-corrected chi connectivity index (χ2v) is 6.20. The molecule has 3 aromatic rings. The fourth-order valence-electron chi connectivity index (χ4n) is 2.46. The molecule has 0 fully saturated rings. The number of alkyl halides is 3. The van der Waals surface area contributed by atoms with E-state index < -0.39 is 11.7 Å². The van der Waals surface area contributed by atoms with E-state index in [0.29, 0.717) is 22.2 Å². The highest BCUT2D eigenvalue weighted by Crippen LogP contribution is 2.34. The average Bonchev–Trinajstić information content (AvgIpc) is 2.84. The first-order valence-corrected chi connectivity index (χ1v) is 7.75. The topological polar surface area (TPSA) is 29.3 Å². The van der Waals surface area contributed by atoms with Crippen LogP contribution in [0.15, 0.2) is 42.6 Å². The largest absolute Gasteiger partial charge is 0.417 e. The zero-order chi connectivity index (χ0) is 17.5. The van der Waals surface area contributed by atoms with E-state index in [1.54, 1.807) is 18.2 Å². The van der Waals surface area contributed by atoms with Gasteiger partial charge in [-0.15, -0.1) is 0 Å². The van der Waals surface area contributed by atoms with Crippen molar-refractivity contribution in [1.29, 1.82) is 0 Å². The lowest BCUT2D eigenvalue weighted by molar-refractivity contribution is -0.137. The highest BCUT2D eigenvalue weighted by molar-refractivity contribution is 6.30. The van der Waals surface area contributed by atoms with Crippen LogP contribution in [0.5, 0.6) is 0 Å². The summed E-state index contributed by atoms with van der Waals surface area (Å²) in [7, 11) is 0. The molecule has 0 saturated heterocycles. The lowest BCUT2D eigenvalue weighted by atomic mass is 10.1. The van der Waals surface area contributed by atoms with Crippen molar-refractivity contribution in [3.8, 4) is 11.3 Å². The lowest BCUT2D eigenvalue weighted by Gasteiger charge is -2.13. The molecule has 7 heteroatoms. The molecule has 0 aliphatic carbocycles. The van der Waals surface area contributed by atoms with E-state index >= 15 is 0 Å². The molecule has 3 rings (SSSR count). The number of halogens is 4. The Hall–Kier alpha value is -2.21. The predicted octanol–water partition coefficient (Wildman–Crippen LogP) is 5.49. The third kappa shape index (κ3) is 3.19. The number of anilines is 1. The van der Waals surface area contributed by atoms with Crippen molar-refractivity contribution in [2.24, 2.45) is 0 Å². The molecule has 3 nitrogen and oxygen atoms in total. The van der Waals surface area contributed by atoms with Crippen molar-refractivity contribution >= 4 is 23.1 Å². The van der Waals surface area contributed by atoms with Gasteiger partial charge in [0.15, 0.2) is 0 Å². The van der Waals surface area contributed by atoms with E-state index in [1.807, 2.05) is 19.9 Å². The van der Waals surface area contributed by atoms with E-state index in [9.17, 15) is 13.2 Å². The van der Waals surface area contributed by atoms with Gasteiger partial charge in [-0.2, -0.15) is 13.2 Å². The molecule has 0 amide bonds. The van der Waals surface area contributed by atoms with Crippen LogP contribution in [0.1, 0.15) is 19.4 Å². The van der Waals surface area contributed by atoms with Gasteiger partial charge in [0.05, 0.1) is 5.56 Å². The maximum atomic E-state index is 13.0. The third-order valence-corrected chi connectivity index (χ3v) is 3.70. The third-order valence-electron chi connectivity index (χ3n) is 3.47. The first-order valence-electron chi connectivity index (χ1n) is 7.37. The van der Waals surface area contributed by atoms with E-state index in [2.05, 4.69) is 10.3 Å². The number of nitrogens with zero attached hydrogens (tertiary/aromatic N) is 2. The molecule has 1 aromatic carbocycles. The Morgan fingerprint density at radius 2 is 1.92 bits per heavy atom. The second-order valence-electron chi connectivity index (χ2n) is 5.76. The highest BCUT2D eigenvalue weighted by Gasteiger charge is 2.31. The molecule has 2 aromatic heterocycles. The van der Waals surface area contributed by atoms with E-state index in [0.717, 1.165) is 17.8 Å². The van der Waals surface area contributed by atoms with Crippen LogP contribution in [0.25, 0.3) is 16.9 Å². The van der Waals surface area contributed by atoms with Crippen molar-refractivity contribution in [3.63, 3.8) is 0 Å². The molecule has 0 bridgehead atoms. The molecule has 1 N–H and O–H groups in total. The van der Waals surface area contributed by atoms with E-state index in [-0.39, 0.29) is 6.04 Å². The highest BCUT2D eigenvalue weighted by atomic mass is 35.5. The van der Waals surface area contributed by atoms with E-state index in [4.69, 9.17) is 11.6 Å². The van der Waals surface area contributed by atoms with Crippen LogP contribution in [0.4, 0.5) is 19.0 Å². The van der Waals surface area contributed by atoms with Crippen LogP contribution in [-0.2, 0) is 6.18 Å². The number of hydrogen-bond acceptors (Lipinski definition) is 2. The molecular formula is C17H15ClF3N3. The second kappa shape index (κ2) is 6.02. The molecule has 0 atom stereocenters. The minimum Gasteiger partial charge on any atom is -0.367 e. The Morgan fingerprint density at radius 1 is 1.17 bits per heavy atom. The fourth-order valence-corrected chi connectivity index (χ4v) is 2.65. The number of benzene rings is 1. The number of imidazole rings is 1. The summed E-state index contributed by atoms with van der Waals surface area (Å²) in [6.07, 6.45) is -3.36. The fraction of sp³-hybridized carbons (Fsp3) is 0.235. The van der Waals surface area contributed by atoms with Gasteiger partial charge in [-0.25, -0.2) is 4.98 Å². The zero-order valence-corrected chi connectivity index (χ0v) is 13.8. The Kier molecular flexibility index (Phi) is 4.17. The van der Waals surface area contributed by atoms with Crippen molar-refractivity contribution in [2.45, 2.75) is 26.1 Å². The summed E-state index contributed by atoms with van der Waals surface area (Å²) in [5.74, 6) is 0.508. The monoisotopic (exact) mass is 353 g/mol. The summed E-state index contributed by atoms with van der Waals surface area (Å²) < 4.78 is 40.5. The van der Waals surface area contributed by atoms with Gasteiger partial charge in [0, 0.05) is 22.8 Å². The number of rotatable bonds is 3. The van der Waals surface area contributed by atoms with Gasteiger partial charge in [0.1, 0.15) is 17.2 Å². The molecule has 0 aliphatic heterocycles. The quantitative estimate of drug-likeness (QED) is 0.674. The predicted molar refractivity (Wildman–Crippen MR) is 89.4 cm³/mol. The van der Waals surface area contributed by atoms with Crippen LogP contribution in [-0.4, -0.2) is 15.4 Å². The first kappa shape index (κ1) is 16.6. The summed E-state index contributed by atoms with van der Waals surface area (Å²) >= 11 is 6.03. The standard InChI is InChI=1S/C17H15ClF3N3/c1-10(2)22-16-15(11-4-3-5-13(18)8-11)23-14-7-6-12(9-24(14)16)17(19,20)21/h3-10,22H,1-2H3. The van der Waals surface area contributed by atoms with Crippen molar-refractivity contribution in [2.75, 3.05) is 5.32 Å². The van der Waals surface area contributed by atoms with Gasteiger partial charge >= 0.3 is 6.18 Å². The number of pyridine rings is 1. The SMILES string of the molecule is CC(C)Nc1c(-c2cccc(Cl)c2)nc2ccc(C(F)(F)F)cn12. The number of hydrogen-bond donors (Lipinski definition) is 1. The molecule has 126 valence electrons. The molecule has 0 spiro atoms. The molecule has 0 aliphatic rings. The Balaban J connectivity index is 2.25. The van der Waals surface area contributed by atoms with Gasteiger partial charge in [-0.05, 0) is 38.1 Å². The summed E-state index contributed by atoms with van der Waals surface area (Å²) in [5, 5.41) is 3.72. The normalized spacial score (nSPS) is 12.1. The average molecular weight is 354 g/mol. The van der Waals surface area contributed by atoms with Gasteiger partial charge in [0.25, 0.3) is 0 Å². The van der Waals surface area contributed by atoms with Crippen LogP contribution in [0.3, 0.4) is 0 Å². The Bertz CT molecular complexity index is 884. The number of fused-ring (bicyclic) bond motifs is 1. The summed E-state index contributed by atoms with van der Waals surface area (Å²) in [6, 6.07) is 9.49. The summed E-state index contributed by atoms with van der Waals surface area (Å²) in [6.45, 7) is 3.82. The smallest absolute Gasteiger partial charge is 0.367 e. The van der Waals surface area contributed by atoms with Crippen LogP contribution < -0.4 is 5.32 Å². The van der Waals surface area contributed by atoms with E-state index in [1.165, 1.54) is 10.5 Å². The van der Waals surface area contributed by atoms with Gasteiger partial charge in [-0.3, -0.25) is 4.40 Å². The Morgan fingerprint density at radius 3 is 2.54 bits per heavy atom. The lowest BCUT2D eigenvalue weighted by Crippen LogP contribution is -2.13. The molecule has 0 radical (unpaired) electrons. The first-order chi connectivity index (χ1) is 11.3. The van der Waals surface area contributed by atoms with Crippen LogP contribution in [0, 0.1) is 0 Å². The summed E-state index contributed by atoms with van der Waals surface area (Å²) in [5.41, 5.74) is 1.01. The summed E-state index contributed by atoms with van der Waals surface area (Å²) in [4.78, 5) is 4.47. The molecular weight excluding hydrogens is 339 g/mol. The minimum absolute atomic E-state index is 0.0253. The van der Waals surface area contributed by atoms with Gasteiger partial charge < -0.3 is 5.32 Å². The maximum absolute atomic E-state index is 13.0. The molecule has 2 heterocycles. The van der Waals surface area contributed by atoms with Gasteiger partial charge in [0.2, 0.25) is 0 Å². The van der Waals surface area contributed by atoms with Crippen molar-refractivity contribution in [1.82, 2.24) is 9.38 Å². The molecule has 24 heavy (non-hydrogen) atoms. The van der Waals surface area contributed by atoms with Gasteiger partial charge in [-0.1, -0.05) is 23.7 Å². The number of aromatic nitrogens is 2. The minimum atomic E-state index is -4.41.